The summed E-state index contributed by atoms with van der Waals surface area (Å²) in [5.74, 6) is 0. The summed E-state index contributed by atoms with van der Waals surface area (Å²) in [6.45, 7) is 5.20. The van der Waals surface area contributed by atoms with Crippen molar-refractivity contribution in [3.8, 4) is 0 Å². The summed E-state index contributed by atoms with van der Waals surface area (Å²) in [5.41, 5.74) is 3.44. The van der Waals surface area contributed by atoms with Crippen molar-refractivity contribution in [2.45, 2.75) is 13.3 Å². The minimum absolute atomic E-state index is 0.0488. The van der Waals surface area contributed by atoms with Gasteiger partial charge in [-0.1, -0.05) is 6.58 Å². The molecule has 0 amide bonds. The highest BCUT2D eigenvalue weighted by atomic mass is 32.2. The Morgan fingerprint density at radius 3 is 2.64 bits per heavy atom. The van der Waals surface area contributed by atoms with Crippen molar-refractivity contribution in [3.63, 3.8) is 0 Å². The van der Waals surface area contributed by atoms with Gasteiger partial charge in [-0.05, 0) is 12.5 Å². The van der Waals surface area contributed by atoms with Crippen LogP contribution in [0.2, 0.25) is 0 Å². The fraction of sp³-hybridized carbons (Fsp3) is 0.500. The molecule has 0 heterocycles. The van der Waals surface area contributed by atoms with Crippen LogP contribution in [-0.2, 0) is 14.5 Å². The second-order valence-electron chi connectivity index (χ2n) is 2.02. The molecule has 0 rings (SSSR count). The largest absolute Gasteiger partial charge is 0.333 e. The van der Waals surface area contributed by atoms with Gasteiger partial charge in [0.25, 0.3) is 0 Å². The molecule has 0 aliphatic carbocycles. The van der Waals surface area contributed by atoms with Crippen LogP contribution in [0.4, 0.5) is 0 Å². The number of nitrogens with two attached hydrogens (primary N) is 1. The minimum atomic E-state index is -3.79. The van der Waals surface area contributed by atoms with E-state index in [1.165, 1.54) is 0 Å². The minimum Gasteiger partial charge on any atom is -0.258 e. The van der Waals surface area contributed by atoms with Gasteiger partial charge < -0.3 is 0 Å². The molecule has 5 heteroatoms. The Labute approximate surface area is 66.6 Å². The standard InChI is InChI=1S/C6H11NO3S/c1-3-6(2)4-5-10-11(7,8)9/h1,4-5H2,2H3,(H2,7,8,9). The molecule has 4 nitrogen and oxygen atoms in total. The monoisotopic (exact) mass is 177 g/mol. The maximum Gasteiger partial charge on any atom is 0.333 e. The zero-order chi connectivity index (χ0) is 8.91. The molecule has 0 radical (unpaired) electrons. The summed E-state index contributed by atoms with van der Waals surface area (Å²) >= 11 is 0. The van der Waals surface area contributed by atoms with E-state index >= 15 is 0 Å². The van der Waals surface area contributed by atoms with E-state index in [-0.39, 0.29) is 6.61 Å². The molecule has 0 unspecified atom stereocenters. The SMILES string of the molecule is C=C=C(C)CCOS(N)(=O)=O. The van der Waals surface area contributed by atoms with Crippen LogP contribution in [0.1, 0.15) is 13.3 Å². The zero-order valence-electron chi connectivity index (χ0n) is 6.33. The molecule has 0 aliphatic heterocycles. The summed E-state index contributed by atoms with van der Waals surface area (Å²) < 4.78 is 24.7. The third-order valence-electron chi connectivity index (χ3n) is 1.03. The van der Waals surface area contributed by atoms with E-state index in [0.717, 1.165) is 5.57 Å². The highest BCUT2D eigenvalue weighted by Crippen LogP contribution is 1.97. The Hall–Kier alpha value is -0.610. The maximum absolute atomic E-state index is 10.2. The van der Waals surface area contributed by atoms with Gasteiger partial charge in [0.1, 0.15) is 0 Å². The lowest BCUT2D eigenvalue weighted by Crippen LogP contribution is -2.16. The van der Waals surface area contributed by atoms with Crippen LogP contribution in [0.15, 0.2) is 17.9 Å². The fourth-order valence-electron chi connectivity index (χ4n) is 0.399. The molecule has 0 aromatic rings. The average molecular weight is 177 g/mol. The molecule has 0 saturated heterocycles. The second kappa shape index (κ2) is 4.31. The summed E-state index contributed by atoms with van der Waals surface area (Å²) in [6, 6.07) is 0. The van der Waals surface area contributed by atoms with Crippen molar-refractivity contribution >= 4 is 10.3 Å². The number of hydrogen-bond donors (Lipinski definition) is 1. The predicted molar refractivity (Wildman–Crippen MR) is 42.0 cm³/mol. The first-order valence-corrected chi connectivity index (χ1v) is 4.45. The first kappa shape index (κ1) is 10.4. The van der Waals surface area contributed by atoms with Crippen LogP contribution < -0.4 is 5.14 Å². The van der Waals surface area contributed by atoms with E-state index in [1.54, 1.807) is 6.92 Å². The summed E-state index contributed by atoms with van der Waals surface area (Å²) in [4.78, 5) is 0. The molecule has 2 N–H and O–H groups in total. The van der Waals surface area contributed by atoms with E-state index in [9.17, 15) is 8.42 Å². The van der Waals surface area contributed by atoms with Gasteiger partial charge >= 0.3 is 10.3 Å². The van der Waals surface area contributed by atoms with E-state index in [4.69, 9.17) is 0 Å². The second-order valence-corrected chi connectivity index (χ2v) is 3.24. The topological polar surface area (TPSA) is 69.4 Å². The van der Waals surface area contributed by atoms with Gasteiger partial charge in [-0.15, -0.1) is 5.73 Å². The van der Waals surface area contributed by atoms with Crippen LogP contribution in [-0.4, -0.2) is 15.0 Å². The molecule has 0 saturated carbocycles. The Balaban J connectivity index is 3.69. The molecule has 0 aromatic carbocycles. The molecule has 0 fully saturated rings. The van der Waals surface area contributed by atoms with Crippen molar-refractivity contribution in [2.75, 3.05) is 6.61 Å². The lowest BCUT2D eigenvalue weighted by molar-refractivity contribution is 0.322. The third-order valence-corrected chi connectivity index (χ3v) is 1.52. The summed E-state index contributed by atoms with van der Waals surface area (Å²) in [7, 11) is -3.79. The molecular weight excluding hydrogens is 166 g/mol. The van der Waals surface area contributed by atoms with E-state index < -0.39 is 10.3 Å². The van der Waals surface area contributed by atoms with Gasteiger partial charge in [0, 0.05) is 6.42 Å². The van der Waals surface area contributed by atoms with Crippen LogP contribution in [0, 0.1) is 0 Å². The molecule has 64 valence electrons. The summed E-state index contributed by atoms with van der Waals surface area (Å²) in [6.07, 6.45) is 0.472. The molecule has 11 heavy (non-hydrogen) atoms. The van der Waals surface area contributed by atoms with Gasteiger partial charge in [-0.25, -0.2) is 5.14 Å². The highest BCUT2D eigenvalue weighted by Gasteiger charge is 2.00. The van der Waals surface area contributed by atoms with Crippen LogP contribution in [0.25, 0.3) is 0 Å². The Morgan fingerprint density at radius 1 is 1.73 bits per heavy atom. The van der Waals surface area contributed by atoms with Crippen molar-refractivity contribution < 1.29 is 12.6 Å². The van der Waals surface area contributed by atoms with Crippen molar-refractivity contribution in [1.82, 2.24) is 0 Å². The van der Waals surface area contributed by atoms with E-state index in [1.807, 2.05) is 0 Å². The molecule has 0 aliphatic rings. The van der Waals surface area contributed by atoms with Crippen LogP contribution >= 0.6 is 0 Å². The third kappa shape index (κ3) is 7.29. The Kier molecular flexibility index (Phi) is 4.07. The molecule has 0 spiro atoms. The zero-order valence-corrected chi connectivity index (χ0v) is 7.15. The Morgan fingerprint density at radius 2 is 2.27 bits per heavy atom. The van der Waals surface area contributed by atoms with Crippen molar-refractivity contribution in [3.05, 3.63) is 17.9 Å². The molecule has 0 bridgehead atoms. The van der Waals surface area contributed by atoms with Gasteiger partial charge in [0.2, 0.25) is 0 Å². The lowest BCUT2D eigenvalue weighted by atomic mass is 10.2. The molecule has 0 atom stereocenters. The smallest absolute Gasteiger partial charge is 0.258 e. The van der Waals surface area contributed by atoms with Crippen molar-refractivity contribution in [2.24, 2.45) is 5.14 Å². The number of hydrogen-bond acceptors (Lipinski definition) is 3. The lowest BCUT2D eigenvalue weighted by Gasteiger charge is -1.98. The van der Waals surface area contributed by atoms with E-state index in [2.05, 4.69) is 21.6 Å². The normalized spacial score (nSPS) is 10.7. The molecule has 0 aromatic heterocycles. The predicted octanol–water partition coefficient (Wildman–Crippen LogP) is 0.328. The first-order valence-electron chi connectivity index (χ1n) is 2.98. The van der Waals surface area contributed by atoms with Crippen LogP contribution in [0.3, 0.4) is 0 Å². The van der Waals surface area contributed by atoms with Gasteiger partial charge in [-0.2, -0.15) is 8.42 Å². The fourth-order valence-corrected chi connectivity index (χ4v) is 0.715. The van der Waals surface area contributed by atoms with Crippen molar-refractivity contribution in [1.29, 1.82) is 0 Å². The summed E-state index contributed by atoms with van der Waals surface area (Å²) in [5, 5.41) is 4.57. The highest BCUT2D eigenvalue weighted by molar-refractivity contribution is 7.84. The quantitative estimate of drug-likeness (QED) is 0.629. The average Bonchev–Trinajstić information content (AvgIpc) is 1.85. The van der Waals surface area contributed by atoms with E-state index in [0.29, 0.717) is 6.42 Å². The Bertz CT molecular complexity index is 262. The maximum atomic E-state index is 10.2. The van der Waals surface area contributed by atoms with Gasteiger partial charge in [0.15, 0.2) is 0 Å². The molecular formula is C6H11NO3S. The van der Waals surface area contributed by atoms with Crippen LogP contribution in [0.5, 0.6) is 0 Å². The number of rotatable bonds is 4. The first-order chi connectivity index (χ1) is 4.95. The van der Waals surface area contributed by atoms with Gasteiger partial charge in [0.05, 0.1) is 6.61 Å². The van der Waals surface area contributed by atoms with Gasteiger partial charge in [-0.3, -0.25) is 4.18 Å².